The van der Waals surface area contributed by atoms with Gasteiger partial charge in [0.2, 0.25) is 11.8 Å². The van der Waals surface area contributed by atoms with Crippen LogP contribution in [0.15, 0.2) is 18.3 Å². The zero-order chi connectivity index (χ0) is 20.1. The van der Waals surface area contributed by atoms with Gasteiger partial charge in [0.1, 0.15) is 5.56 Å². The largest absolute Gasteiger partial charge is 0.481 e. The van der Waals surface area contributed by atoms with Gasteiger partial charge in [-0.05, 0) is 13.3 Å². The van der Waals surface area contributed by atoms with Crippen LogP contribution in [-0.2, 0) is 9.47 Å². The standard InChI is InChI=1S/C18H20FN5O4/c1-3-28-18(25)13-9-24(14-10-27-5-4-11(14)8-20)23-17(13)21-12-6-15(19)22-16(7-12)26-2/h6-7,9,11,14H,3-5,10H2,1-2H3,(H,21,22,23)/t11-,14+/m1/s1. The quantitative estimate of drug-likeness (QED) is 0.592. The predicted molar refractivity (Wildman–Crippen MR) is 95.8 cm³/mol. The van der Waals surface area contributed by atoms with Crippen LogP contribution >= 0.6 is 0 Å². The van der Waals surface area contributed by atoms with Gasteiger partial charge in [0.15, 0.2) is 5.82 Å². The molecule has 3 rings (SSSR count). The number of hydrogen-bond acceptors (Lipinski definition) is 8. The van der Waals surface area contributed by atoms with Crippen LogP contribution in [0.1, 0.15) is 29.7 Å². The maximum Gasteiger partial charge on any atom is 0.343 e. The Morgan fingerprint density at radius 1 is 1.54 bits per heavy atom. The van der Waals surface area contributed by atoms with E-state index in [4.69, 9.17) is 14.2 Å². The van der Waals surface area contributed by atoms with Crippen molar-refractivity contribution < 1.29 is 23.4 Å². The van der Waals surface area contributed by atoms with E-state index in [1.165, 1.54) is 24.1 Å². The number of anilines is 2. The van der Waals surface area contributed by atoms with Gasteiger partial charge in [0.05, 0.1) is 38.4 Å². The summed E-state index contributed by atoms with van der Waals surface area (Å²) in [6.07, 6.45) is 2.09. The van der Waals surface area contributed by atoms with Crippen molar-refractivity contribution in [1.82, 2.24) is 14.8 Å². The van der Waals surface area contributed by atoms with E-state index in [-0.39, 0.29) is 35.8 Å². The lowest BCUT2D eigenvalue weighted by Gasteiger charge is -2.26. The number of nitriles is 1. The van der Waals surface area contributed by atoms with Crippen molar-refractivity contribution in [3.63, 3.8) is 0 Å². The van der Waals surface area contributed by atoms with E-state index >= 15 is 0 Å². The number of carbonyl (C=O) groups is 1. The van der Waals surface area contributed by atoms with Crippen LogP contribution in [0.4, 0.5) is 15.9 Å². The van der Waals surface area contributed by atoms with Crippen LogP contribution in [-0.4, -0.2) is 47.7 Å². The Morgan fingerprint density at radius 3 is 3.07 bits per heavy atom. The smallest absolute Gasteiger partial charge is 0.343 e. The summed E-state index contributed by atoms with van der Waals surface area (Å²) in [5.74, 6) is -1.37. The number of esters is 1. The highest BCUT2D eigenvalue weighted by Gasteiger charge is 2.30. The van der Waals surface area contributed by atoms with Crippen LogP contribution < -0.4 is 10.1 Å². The highest BCUT2D eigenvalue weighted by atomic mass is 19.1. The predicted octanol–water partition coefficient (Wildman–Crippen LogP) is 2.45. The SMILES string of the molecule is CCOC(=O)c1cn([C@H]2COCC[C@@H]2C#N)nc1Nc1cc(F)nc(OC)c1. The molecule has 0 amide bonds. The van der Waals surface area contributed by atoms with E-state index in [1.807, 2.05) is 0 Å². The number of carbonyl (C=O) groups excluding carboxylic acids is 1. The molecule has 2 aromatic heterocycles. The topological polar surface area (TPSA) is 111 Å². The van der Waals surface area contributed by atoms with Crippen molar-refractivity contribution in [3.05, 3.63) is 29.8 Å². The fourth-order valence-electron chi connectivity index (χ4n) is 2.93. The van der Waals surface area contributed by atoms with Crippen molar-refractivity contribution in [2.45, 2.75) is 19.4 Å². The number of pyridine rings is 1. The summed E-state index contributed by atoms with van der Waals surface area (Å²) < 4.78 is 30.7. The summed E-state index contributed by atoms with van der Waals surface area (Å²) >= 11 is 0. The number of ether oxygens (including phenoxy) is 3. The van der Waals surface area contributed by atoms with E-state index < -0.39 is 11.9 Å². The van der Waals surface area contributed by atoms with E-state index in [9.17, 15) is 14.4 Å². The normalized spacial score (nSPS) is 18.9. The van der Waals surface area contributed by atoms with E-state index in [1.54, 1.807) is 6.92 Å². The molecule has 1 fully saturated rings. The lowest BCUT2D eigenvalue weighted by atomic mass is 9.97. The zero-order valence-corrected chi connectivity index (χ0v) is 15.5. The average molecular weight is 389 g/mol. The molecule has 0 unspecified atom stereocenters. The lowest BCUT2D eigenvalue weighted by molar-refractivity contribution is 0.0340. The second-order valence-corrected chi connectivity index (χ2v) is 6.10. The van der Waals surface area contributed by atoms with Gasteiger partial charge in [-0.3, -0.25) is 4.68 Å². The minimum Gasteiger partial charge on any atom is -0.481 e. The van der Waals surface area contributed by atoms with Crippen molar-refractivity contribution in [2.75, 3.05) is 32.2 Å². The Hall–Kier alpha value is -3.19. The maximum absolute atomic E-state index is 13.7. The number of halogens is 1. The molecule has 148 valence electrons. The Labute approximate surface area is 161 Å². The highest BCUT2D eigenvalue weighted by Crippen LogP contribution is 2.29. The van der Waals surface area contributed by atoms with Gasteiger partial charge in [-0.1, -0.05) is 0 Å². The zero-order valence-electron chi connectivity index (χ0n) is 15.5. The van der Waals surface area contributed by atoms with Gasteiger partial charge in [0.25, 0.3) is 0 Å². The Kier molecular flexibility index (Phi) is 6.06. The third-order valence-electron chi connectivity index (χ3n) is 4.30. The average Bonchev–Trinajstić information content (AvgIpc) is 3.11. The first-order chi connectivity index (χ1) is 13.5. The number of methoxy groups -OCH3 is 1. The molecular weight excluding hydrogens is 369 g/mol. The van der Waals surface area contributed by atoms with Gasteiger partial charge in [0, 0.05) is 30.6 Å². The third-order valence-corrected chi connectivity index (χ3v) is 4.30. The molecule has 1 N–H and O–H groups in total. The molecule has 0 radical (unpaired) electrons. The first kappa shape index (κ1) is 19.6. The molecule has 28 heavy (non-hydrogen) atoms. The van der Waals surface area contributed by atoms with Crippen molar-refractivity contribution >= 4 is 17.5 Å². The molecule has 1 aliphatic rings. The summed E-state index contributed by atoms with van der Waals surface area (Å²) in [4.78, 5) is 16.0. The van der Waals surface area contributed by atoms with Crippen LogP contribution in [0.2, 0.25) is 0 Å². The van der Waals surface area contributed by atoms with Crippen LogP contribution in [0.5, 0.6) is 5.88 Å². The second-order valence-electron chi connectivity index (χ2n) is 6.10. The van der Waals surface area contributed by atoms with Crippen LogP contribution in [0, 0.1) is 23.2 Å². The van der Waals surface area contributed by atoms with Crippen molar-refractivity contribution in [3.8, 4) is 11.9 Å². The van der Waals surface area contributed by atoms with E-state index in [0.717, 1.165) is 6.07 Å². The molecule has 0 aromatic carbocycles. The number of nitrogens with one attached hydrogen (secondary N) is 1. The van der Waals surface area contributed by atoms with E-state index in [0.29, 0.717) is 25.3 Å². The number of nitrogens with zero attached hydrogens (tertiary/aromatic N) is 4. The summed E-state index contributed by atoms with van der Waals surface area (Å²) in [6, 6.07) is 4.54. The van der Waals surface area contributed by atoms with Crippen LogP contribution in [0.3, 0.4) is 0 Å². The minimum atomic E-state index is -0.746. The fraction of sp³-hybridized carbons (Fsp3) is 0.444. The highest BCUT2D eigenvalue weighted by molar-refractivity contribution is 5.95. The summed E-state index contributed by atoms with van der Waals surface area (Å²) in [6.45, 7) is 2.69. The minimum absolute atomic E-state index is 0.0739. The summed E-state index contributed by atoms with van der Waals surface area (Å²) in [5.41, 5.74) is 0.470. The van der Waals surface area contributed by atoms with Gasteiger partial charge < -0.3 is 19.5 Å². The molecule has 0 saturated carbocycles. The van der Waals surface area contributed by atoms with Gasteiger partial charge in [-0.25, -0.2) is 4.79 Å². The van der Waals surface area contributed by atoms with Crippen molar-refractivity contribution in [1.29, 1.82) is 5.26 Å². The number of aromatic nitrogens is 3. The van der Waals surface area contributed by atoms with Gasteiger partial charge >= 0.3 is 5.97 Å². The van der Waals surface area contributed by atoms with Crippen LogP contribution in [0.25, 0.3) is 0 Å². The van der Waals surface area contributed by atoms with Crippen molar-refractivity contribution in [2.24, 2.45) is 5.92 Å². The molecule has 0 bridgehead atoms. The first-order valence-corrected chi connectivity index (χ1v) is 8.78. The second kappa shape index (κ2) is 8.67. The molecule has 1 saturated heterocycles. The molecule has 2 atom stereocenters. The monoisotopic (exact) mass is 389 g/mol. The number of hydrogen-bond donors (Lipinski definition) is 1. The molecule has 10 heteroatoms. The number of rotatable bonds is 6. The Morgan fingerprint density at radius 2 is 2.36 bits per heavy atom. The fourth-order valence-corrected chi connectivity index (χ4v) is 2.93. The summed E-state index contributed by atoms with van der Waals surface area (Å²) in [7, 11) is 1.37. The molecule has 1 aliphatic heterocycles. The van der Waals surface area contributed by atoms with Gasteiger partial charge in [-0.2, -0.15) is 19.7 Å². The molecule has 0 spiro atoms. The summed E-state index contributed by atoms with van der Waals surface area (Å²) in [5, 5.41) is 16.7. The Bertz CT molecular complexity index is 895. The Balaban J connectivity index is 1.97. The molecule has 3 heterocycles. The van der Waals surface area contributed by atoms with Gasteiger partial charge in [-0.15, -0.1) is 0 Å². The molecule has 0 aliphatic carbocycles. The first-order valence-electron chi connectivity index (χ1n) is 8.78. The maximum atomic E-state index is 13.7. The van der Waals surface area contributed by atoms with E-state index in [2.05, 4.69) is 21.5 Å². The molecule has 2 aromatic rings. The lowest BCUT2D eigenvalue weighted by Crippen LogP contribution is -2.29. The molecular formula is C18H20FN5O4. The third kappa shape index (κ3) is 4.20. The molecule has 9 nitrogen and oxygen atoms in total.